The van der Waals surface area contributed by atoms with Crippen molar-refractivity contribution in [1.29, 1.82) is 0 Å². The summed E-state index contributed by atoms with van der Waals surface area (Å²) in [6, 6.07) is 12.1. The van der Waals surface area contributed by atoms with Crippen LogP contribution in [0.4, 0.5) is 0 Å². The van der Waals surface area contributed by atoms with Gasteiger partial charge in [-0.25, -0.2) is 0 Å². The van der Waals surface area contributed by atoms with Crippen LogP contribution in [0.3, 0.4) is 0 Å². The van der Waals surface area contributed by atoms with Crippen LogP contribution in [0, 0.1) is 0 Å². The maximum Gasteiger partial charge on any atom is 0.240 e. The molecule has 2 atom stereocenters. The van der Waals surface area contributed by atoms with Crippen molar-refractivity contribution in [2.75, 3.05) is 13.1 Å². The van der Waals surface area contributed by atoms with E-state index in [1.807, 2.05) is 17.5 Å². The van der Waals surface area contributed by atoms with Crippen LogP contribution in [0.2, 0.25) is 0 Å². The quantitative estimate of drug-likeness (QED) is 0.642. The molecule has 0 bridgehead atoms. The molecule has 142 valence electrons. The average molecular weight is 396 g/mol. The fourth-order valence-corrected chi connectivity index (χ4v) is 3.29. The molecule has 0 saturated heterocycles. The second kappa shape index (κ2) is 11.0. The van der Waals surface area contributed by atoms with Gasteiger partial charge in [0.2, 0.25) is 11.8 Å². The number of nitrogens with two attached hydrogens (primary N) is 1. The summed E-state index contributed by atoms with van der Waals surface area (Å²) >= 11 is 1.59. The number of amides is 2. The highest BCUT2D eigenvalue weighted by Gasteiger charge is 2.18. The minimum Gasteiger partial charge on any atom is -0.346 e. The third-order valence-electron chi connectivity index (χ3n) is 4.22. The molecule has 0 radical (unpaired) electrons. The third kappa shape index (κ3) is 6.12. The number of halogens is 1. The highest BCUT2D eigenvalue weighted by atomic mass is 35.5. The van der Waals surface area contributed by atoms with Crippen molar-refractivity contribution in [3.8, 4) is 0 Å². The van der Waals surface area contributed by atoms with Crippen molar-refractivity contribution in [1.82, 2.24) is 10.6 Å². The maximum absolute atomic E-state index is 12.2. The van der Waals surface area contributed by atoms with Crippen LogP contribution < -0.4 is 16.4 Å². The average Bonchev–Trinajstić information content (AvgIpc) is 3.18. The Bertz CT molecular complexity index is 689. The predicted molar refractivity (Wildman–Crippen MR) is 109 cm³/mol. The van der Waals surface area contributed by atoms with Gasteiger partial charge in [0.15, 0.2) is 0 Å². The van der Waals surface area contributed by atoms with Crippen LogP contribution >= 0.6 is 23.7 Å². The first-order valence-corrected chi connectivity index (χ1v) is 9.32. The Morgan fingerprint density at radius 3 is 2.31 bits per heavy atom. The van der Waals surface area contributed by atoms with Crippen LogP contribution in [0.25, 0.3) is 0 Å². The number of carbonyl (C=O) groups is 2. The number of thiophene rings is 1. The molecule has 26 heavy (non-hydrogen) atoms. The van der Waals surface area contributed by atoms with E-state index in [0.29, 0.717) is 5.92 Å². The molecule has 1 heterocycles. The van der Waals surface area contributed by atoms with Gasteiger partial charge in [-0.15, -0.1) is 23.7 Å². The van der Waals surface area contributed by atoms with E-state index in [9.17, 15) is 9.59 Å². The molecule has 1 aromatic heterocycles. The highest BCUT2D eigenvalue weighted by Crippen LogP contribution is 2.28. The van der Waals surface area contributed by atoms with Gasteiger partial charge in [-0.1, -0.05) is 44.2 Å². The molecule has 2 rings (SSSR count). The fourth-order valence-electron chi connectivity index (χ4n) is 2.49. The van der Waals surface area contributed by atoms with E-state index >= 15 is 0 Å². The first kappa shape index (κ1) is 22.2. The van der Waals surface area contributed by atoms with Gasteiger partial charge in [0.1, 0.15) is 0 Å². The molecule has 1 aromatic carbocycles. The fraction of sp³-hybridized carbons (Fsp3) is 0.368. The minimum atomic E-state index is -0.347. The molecular weight excluding hydrogens is 370 g/mol. The van der Waals surface area contributed by atoms with Gasteiger partial charge >= 0.3 is 0 Å². The summed E-state index contributed by atoms with van der Waals surface area (Å²) in [7, 11) is 0. The Labute approximate surface area is 164 Å². The molecule has 2 unspecified atom stereocenters. The minimum absolute atomic E-state index is 0. The molecule has 7 heteroatoms. The van der Waals surface area contributed by atoms with E-state index in [4.69, 9.17) is 5.73 Å². The Morgan fingerprint density at radius 1 is 1.12 bits per heavy atom. The topological polar surface area (TPSA) is 84.2 Å². The summed E-state index contributed by atoms with van der Waals surface area (Å²) in [5, 5.41) is 7.47. The molecule has 0 spiro atoms. The van der Waals surface area contributed by atoms with E-state index in [1.165, 1.54) is 5.56 Å². The van der Waals surface area contributed by atoms with Crippen molar-refractivity contribution < 1.29 is 9.59 Å². The first-order valence-electron chi connectivity index (χ1n) is 8.44. The van der Waals surface area contributed by atoms with Crippen molar-refractivity contribution in [3.05, 3.63) is 57.8 Å². The van der Waals surface area contributed by atoms with Crippen molar-refractivity contribution in [2.45, 2.75) is 32.2 Å². The summed E-state index contributed by atoms with van der Waals surface area (Å²) < 4.78 is 0. The molecular formula is C19H26ClN3O2S. The maximum atomic E-state index is 12.2. The lowest BCUT2D eigenvalue weighted by Gasteiger charge is -2.19. The van der Waals surface area contributed by atoms with Gasteiger partial charge in [-0.05, 0) is 34.9 Å². The summed E-state index contributed by atoms with van der Waals surface area (Å²) in [5.41, 5.74) is 7.55. The van der Waals surface area contributed by atoms with Gasteiger partial charge < -0.3 is 16.4 Å². The van der Waals surface area contributed by atoms with E-state index in [0.717, 1.165) is 16.9 Å². The SMILES string of the molecule is CCC(C)c1ccc(C(NC(=O)CNC(=O)CN)c2cccs2)cc1.Cl. The second-order valence-electron chi connectivity index (χ2n) is 5.97. The van der Waals surface area contributed by atoms with E-state index in [1.54, 1.807) is 11.3 Å². The summed E-state index contributed by atoms with van der Waals surface area (Å²) in [4.78, 5) is 24.5. The summed E-state index contributed by atoms with van der Waals surface area (Å²) in [6.45, 7) is 4.16. The Balaban J connectivity index is 0.00000338. The van der Waals surface area contributed by atoms with Crippen molar-refractivity contribution >= 4 is 35.6 Å². The Hall–Kier alpha value is -1.89. The zero-order valence-electron chi connectivity index (χ0n) is 15.0. The number of hydrogen-bond acceptors (Lipinski definition) is 4. The third-order valence-corrected chi connectivity index (χ3v) is 5.15. The molecule has 2 aromatic rings. The lowest BCUT2D eigenvalue weighted by molar-refractivity contribution is -0.125. The van der Waals surface area contributed by atoms with Crippen LogP contribution in [0.5, 0.6) is 0 Å². The summed E-state index contributed by atoms with van der Waals surface area (Å²) in [6.07, 6.45) is 1.09. The number of nitrogens with one attached hydrogen (secondary N) is 2. The van der Waals surface area contributed by atoms with Gasteiger partial charge in [0.05, 0.1) is 19.1 Å². The Kier molecular flexibility index (Phi) is 9.34. The zero-order chi connectivity index (χ0) is 18.2. The lowest BCUT2D eigenvalue weighted by Crippen LogP contribution is -2.40. The largest absolute Gasteiger partial charge is 0.346 e. The highest BCUT2D eigenvalue weighted by molar-refractivity contribution is 7.10. The normalized spacial score (nSPS) is 12.6. The van der Waals surface area contributed by atoms with Gasteiger partial charge in [0, 0.05) is 4.88 Å². The molecule has 0 aliphatic rings. The van der Waals surface area contributed by atoms with Crippen LogP contribution in [0.1, 0.15) is 48.2 Å². The predicted octanol–water partition coefficient (Wildman–Crippen LogP) is 2.96. The van der Waals surface area contributed by atoms with Crippen LogP contribution in [-0.2, 0) is 9.59 Å². The first-order chi connectivity index (χ1) is 12.0. The number of benzene rings is 1. The molecule has 0 aliphatic carbocycles. The van der Waals surface area contributed by atoms with Gasteiger partial charge in [0.25, 0.3) is 0 Å². The lowest BCUT2D eigenvalue weighted by atomic mass is 9.95. The molecule has 2 amide bonds. The molecule has 0 fully saturated rings. The zero-order valence-corrected chi connectivity index (χ0v) is 16.7. The van der Waals surface area contributed by atoms with E-state index in [-0.39, 0.29) is 43.4 Å². The standard InChI is InChI=1S/C19H25N3O2S.ClH/c1-3-13(2)14-6-8-15(9-7-14)19(16-5-4-10-25-16)22-18(24)12-21-17(23)11-20;/h4-10,13,19H,3,11-12,20H2,1-2H3,(H,21,23)(H,22,24);1H. The van der Waals surface area contributed by atoms with Crippen LogP contribution in [-0.4, -0.2) is 24.9 Å². The van der Waals surface area contributed by atoms with E-state index < -0.39 is 0 Å². The smallest absolute Gasteiger partial charge is 0.240 e. The monoisotopic (exact) mass is 395 g/mol. The second-order valence-corrected chi connectivity index (χ2v) is 6.95. The van der Waals surface area contributed by atoms with Crippen molar-refractivity contribution in [2.24, 2.45) is 5.73 Å². The van der Waals surface area contributed by atoms with Crippen molar-refractivity contribution in [3.63, 3.8) is 0 Å². The number of rotatable bonds is 8. The molecule has 0 aliphatic heterocycles. The summed E-state index contributed by atoms with van der Waals surface area (Å²) in [5.74, 6) is -0.0813. The molecule has 4 N–H and O–H groups in total. The van der Waals surface area contributed by atoms with E-state index in [2.05, 4.69) is 48.7 Å². The Morgan fingerprint density at radius 2 is 1.77 bits per heavy atom. The van der Waals surface area contributed by atoms with Crippen LogP contribution in [0.15, 0.2) is 41.8 Å². The molecule has 0 saturated carbocycles. The number of carbonyl (C=O) groups excluding carboxylic acids is 2. The molecule has 5 nitrogen and oxygen atoms in total. The number of hydrogen-bond donors (Lipinski definition) is 3. The van der Waals surface area contributed by atoms with Gasteiger partial charge in [-0.3, -0.25) is 9.59 Å². The van der Waals surface area contributed by atoms with Gasteiger partial charge in [-0.2, -0.15) is 0 Å².